The highest BCUT2D eigenvalue weighted by atomic mass is 16.5. The molecule has 2 aliphatic rings. The molecule has 0 bridgehead atoms. The van der Waals surface area contributed by atoms with Crippen molar-refractivity contribution in [2.45, 2.75) is 57.2 Å². The summed E-state index contributed by atoms with van der Waals surface area (Å²) in [6, 6.07) is 0. The Morgan fingerprint density at radius 1 is 1.38 bits per heavy atom. The molecule has 0 aromatic rings. The smallest absolute Gasteiger partial charge is 0.0707 e. The summed E-state index contributed by atoms with van der Waals surface area (Å²) >= 11 is 0. The maximum absolute atomic E-state index is 5.92. The Hall–Kier alpha value is -0.120. The zero-order valence-corrected chi connectivity index (χ0v) is 10.5. The molecular formula is C13H25NO2. The van der Waals surface area contributed by atoms with Gasteiger partial charge in [0, 0.05) is 19.6 Å². The van der Waals surface area contributed by atoms with Gasteiger partial charge < -0.3 is 14.8 Å². The van der Waals surface area contributed by atoms with Crippen molar-refractivity contribution < 1.29 is 9.47 Å². The summed E-state index contributed by atoms with van der Waals surface area (Å²) < 4.78 is 11.8. The lowest BCUT2D eigenvalue weighted by molar-refractivity contribution is -0.168. The molecule has 3 heteroatoms. The van der Waals surface area contributed by atoms with Crippen molar-refractivity contribution in [1.82, 2.24) is 5.32 Å². The quantitative estimate of drug-likeness (QED) is 0.705. The molecular weight excluding hydrogens is 202 g/mol. The lowest BCUT2D eigenvalue weighted by Crippen LogP contribution is -2.48. The summed E-state index contributed by atoms with van der Waals surface area (Å²) in [5, 5.41) is 3.37. The van der Waals surface area contributed by atoms with Gasteiger partial charge >= 0.3 is 0 Å². The Morgan fingerprint density at radius 3 is 2.94 bits per heavy atom. The van der Waals surface area contributed by atoms with E-state index in [2.05, 4.69) is 12.2 Å². The van der Waals surface area contributed by atoms with Crippen LogP contribution in [-0.2, 0) is 9.47 Å². The fourth-order valence-corrected chi connectivity index (χ4v) is 2.64. The topological polar surface area (TPSA) is 30.5 Å². The summed E-state index contributed by atoms with van der Waals surface area (Å²) in [5.74, 6) is 0. The summed E-state index contributed by atoms with van der Waals surface area (Å²) in [6.07, 6.45) is 7.68. The Labute approximate surface area is 98.9 Å². The molecule has 94 valence electrons. The van der Waals surface area contributed by atoms with E-state index in [-0.39, 0.29) is 5.60 Å². The number of ether oxygens (including phenoxy) is 2. The van der Waals surface area contributed by atoms with Crippen LogP contribution >= 0.6 is 0 Å². The molecule has 1 spiro atoms. The molecule has 1 N–H and O–H groups in total. The van der Waals surface area contributed by atoms with Gasteiger partial charge in [0.05, 0.1) is 18.3 Å². The summed E-state index contributed by atoms with van der Waals surface area (Å²) in [6.45, 7) is 6.01. The molecule has 1 saturated carbocycles. The van der Waals surface area contributed by atoms with Crippen molar-refractivity contribution in [1.29, 1.82) is 0 Å². The second-order valence-electron chi connectivity index (χ2n) is 5.12. The minimum atomic E-state index is 0.222. The summed E-state index contributed by atoms with van der Waals surface area (Å²) in [5.41, 5.74) is 0.222. The molecule has 1 heterocycles. The molecule has 3 nitrogen and oxygen atoms in total. The third-order valence-electron chi connectivity index (χ3n) is 3.77. The maximum atomic E-state index is 5.92. The van der Waals surface area contributed by atoms with E-state index in [0.717, 1.165) is 39.1 Å². The van der Waals surface area contributed by atoms with Crippen LogP contribution in [0.15, 0.2) is 0 Å². The molecule has 1 saturated heterocycles. The van der Waals surface area contributed by atoms with E-state index in [1.807, 2.05) is 0 Å². The first kappa shape index (κ1) is 12.3. The van der Waals surface area contributed by atoms with Gasteiger partial charge in [0.15, 0.2) is 0 Å². The van der Waals surface area contributed by atoms with E-state index < -0.39 is 0 Å². The van der Waals surface area contributed by atoms with Gasteiger partial charge in [-0.15, -0.1) is 0 Å². The van der Waals surface area contributed by atoms with E-state index in [4.69, 9.17) is 9.47 Å². The van der Waals surface area contributed by atoms with Crippen molar-refractivity contribution in [2.75, 3.05) is 26.3 Å². The minimum absolute atomic E-state index is 0.222. The van der Waals surface area contributed by atoms with Crippen molar-refractivity contribution in [3.8, 4) is 0 Å². The fourth-order valence-electron chi connectivity index (χ4n) is 2.64. The van der Waals surface area contributed by atoms with Crippen LogP contribution in [0.3, 0.4) is 0 Å². The van der Waals surface area contributed by atoms with Gasteiger partial charge in [-0.25, -0.2) is 0 Å². The Morgan fingerprint density at radius 2 is 2.25 bits per heavy atom. The number of nitrogens with one attached hydrogen (secondary N) is 1. The predicted molar refractivity (Wildman–Crippen MR) is 64.7 cm³/mol. The molecule has 0 radical (unpaired) electrons. The molecule has 16 heavy (non-hydrogen) atoms. The second-order valence-corrected chi connectivity index (χ2v) is 5.12. The molecule has 1 unspecified atom stereocenters. The van der Waals surface area contributed by atoms with Crippen LogP contribution in [0.2, 0.25) is 0 Å². The van der Waals surface area contributed by atoms with Gasteiger partial charge in [0.25, 0.3) is 0 Å². The zero-order chi connectivity index (χ0) is 11.3. The van der Waals surface area contributed by atoms with Gasteiger partial charge in [-0.1, -0.05) is 6.92 Å². The highest BCUT2D eigenvalue weighted by Gasteiger charge is 2.42. The highest BCUT2D eigenvalue weighted by molar-refractivity contribution is 4.94. The standard InChI is InChI=1S/C13H25NO2/c1-2-7-14-8-10-15-12-4-9-16-13(11-12)5-3-6-13/h12,14H,2-11H2,1H3. The van der Waals surface area contributed by atoms with Gasteiger partial charge in [-0.3, -0.25) is 0 Å². The Kier molecular flexibility index (Phi) is 4.62. The van der Waals surface area contributed by atoms with Gasteiger partial charge in [0.1, 0.15) is 0 Å². The zero-order valence-electron chi connectivity index (χ0n) is 10.5. The van der Waals surface area contributed by atoms with E-state index >= 15 is 0 Å². The van der Waals surface area contributed by atoms with E-state index in [1.54, 1.807) is 0 Å². The van der Waals surface area contributed by atoms with Crippen molar-refractivity contribution in [3.63, 3.8) is 0 Å². The average Bonchev–Trinajstić information content (AvgIpc) is 2.27. The normalized spacial score (nSPS) is 27.9. The highest BCUT2D eigenvalue weighted by Crippen LogP contribution is 2.42. The van der Waals surface area contributed by atoms with Gasteiger partial charge in [0.2, 0.25) is 0 Å². The lowest BCUT2D eigenvalue weighted by atomic mass is 9.74. The number of hydrogen-bond donors (Lipinski definition) is 1. The maximum Gasteiger partial charge on any atom is 0.0707 e. The minimum Gasteiger partial charge on any atom is -0.377 e. The molecule has 1 atom stereocenters. The van der Waals surface area contributed by atoms with Crippen LogP contribution in [0.5, 0.6) is 0 Å². The van der Waals surface area contributed by atoms with Crippen LogP contribution in [0, 0.1) is 0 Å². The number of rotatable bonds is 6. The summed E-state index contributed by atoms with van der Waals surface area (Å²) in [7, 11) is 0. The molecule has 2 fully saturated rings. The van der Waals surface area contributed by atoms with Crippen molar-refractivity contribution in [2.24, 2.45) is 0 Å². The van der Waals surface area contributed by atoms with Crippen molar-refractivity contribution in [3.05, 3.63) is 0 Å². The van der Waals surface area contributed by atoms with Crippen LogP contribution < -0.4 is 5.32 Å². The van der Waals surface area contributed by atoms with Gasteiger partial charge in [-0.05, 0) is 38.6 Å². The third kappa shape index (κ3) is 3.19. The second kappa shape index (κ2) is 5.99. The first-order valence-corrected chi connectivity index (χ1v) is 6.81. The predicted octanol–water partition coefficient (Wildman–Crippen LogP) is 2.10. The largest absolute Gasteiger partial charge is 0.377 e. The SMILES string of the molecule is CCCNCCOC1CCOC2(CCC2)C1. The third-order valence-corrected chi connectivity index (χ3v) is 3.77. The molecule has 0 aromatic heterocycles. The van der Waals surface area contributed by atoms with E-state index in [0.29, 0.717) is 6.10 Å². The molecule has 2 rings (SSSR count). The summed E-state index contributed by atoms with van der Waals surface area (Å²) in [4.78, 5) is 0. The van der Waals surface area contributed by atoms with Crippen LogP contribution in [0.4, 0.5) is 0 Å². The molecule has 1 aliphatic carbocycles. The monoisotopic (exact) mass is 227 g/mol. The average molecular weight is 227 g/mol. The van der Waals surface area contributed by atoms with Crippen molar-refractivity contribution >= 4 is 0 Å². The van der Waals surface area contributed by atoms with Crippen LogP contribution in [-0.4, -0.2) is 38.0 Å². The number of hydrogen-bond acceptors (Lipinski definition) is 3. The lowest BCUT2D eigenvalue weighted by Gasteiger charge is -2.47. The molecule has 0 aromatic carbocycles. The first-order valence-electron chi connectivity index (χ1n) is 6.81. The fraction of sp³-hybridized carbons (Fsp3) is 1.00. The van der Waals surface area contributed by atoms with Crippen LogP contribution in [0.25, 0.3) is 0 Å². The van der Waals surface area contributed by atoms with Gasteiger partial charge in [-0.2, -0.15) is 0 Å². The first-order chi connectivity index (χ1) is 7.85. The van der Waals surface area contributed by atoms with Crippen LogP contribution in [0.1, 0.15) is 45.4 Å². The Balaban J connectivity index is 1.58. The molecule has 0 amide bonds. The Bertz CT molecular complexity index is 204. The van der Waals surface area contributed by atoms with E-state index in [9.17, 15) is 0 Å². The molecule has 1 aliphatic heterocycles. The van der Waals surface area contributed by atoms with E-state index in [1.165, 1.54) is 25.7 Å².